The molecule has 2 N–H and O–H groups in total. The molecule has 30 heavy (non-hydrogen) atoms. The molecule has 1 amide bonds. The average molecular weight is 406 g/mol. The number of aromatic nitrogens is 1. The highest BCUT2D eigenvalue weighted by Crippen LogP contribution is 2.35. The van der Waals surface area contributed by atoms with Gasteiger partial charge in [0.25, 0.3) is 0 Å². The fourth-order valence-corrected chi connectivity index (χ4v) is 4.51. The molecule has 4 rings (SSSR count). The zero-order valence-electron chi connectivity index (χ0n) is 18.0. The van der Waals surface area contributed by atoms with Gasteiger partial charge in [-0.25, -0.2) is 0 Å². The monoisotopic (exact) mass is 405 g/mol. The van der Waals surface area contributed by atoms with Crippen LogP contribution in [0.5, 0.6) is 5.75 Å². The van der Waals surface area contributed by atoms with E-state index in [-0.39, 0.29) is 18.0 Å². The number of amides is 1. The summed E-state index contributed by atoms with van der Waals surface area (Å²) in [6, 6.07) is 16.2. The normalized spacial score (nSPS) is 17.6. The van der Waals surface area contributed by atoms with E-state index in [0.29, 0.717) is 5.92 Å². The van der Waals surface area contributed by atoms with Gasteiger partial charge in [0.2, 0.25) is 5.91 Å². The number of hydrogen-bond donors (Lipinski definition) is 2. The molecular formula is C25H31N3O2. The fraction of sp³-hybridized carbons (Fsp3) is 0.400. The van der Waals surface area contributed by atoms with Gasteiger partial charge in [0, 0.05) is 17.1 Å². The summed E-state index contributed by atoms with van der Waals surface area (Å²) in [4.78, 5) is 18.5. The number of nitrogens with one attached hydrogen (secondary N) is 2. The second-order valence-corrected chi connectivity index (χ2v) is 8.28. The highest BCUT2D eigenvalue weighted by Gasteiger charge is 2.29. The predicted octanol–water partition coefficient (Wildman–Crippen LogP) is 4.62. The van der Waals surface area contributed by atoms with Crippen LogP contribution >= 0.6 is 0 Å². The summed E-state index contributed by atoms with van der Waals surface area (Å²) in [5.74, 6) is 1.49. The van der Waals surface area contributed by atoms with E-state index in [1.807, 2.05) is 38.1 Å². The molecule has 0 aliphatic carbocycles. The molecule has 158 valence electrons. The van der Waals surface area contributed by atoms with Crippen LogP contribution in [0.1, 0.15) is 49.8 Å². The summed E-state index contributed by atoms with van der Waals surface area (Å²) in [6.45, 7) is 5.91. The molecule has 1 saturated heterocycles. The summed E-state index contributed by atoms with van der Waals surface area (Å²) >= 11 is 0. The molecule has 1 aliphatic rings. The zero-order chi connectivity index (χ0) is 21.1. The molecule has 1 aliphatic heterocycles. The number of carbonyl (C=O) groups excluding carboxylic acids is 1. The molecular weight excluding hydrogens is 374 g/mol. The molecule has 5 nitrogen and oxygen atoms in total. The number of benzene rings is 2. The third kappa shape index (κ3) is 4.21. The van der Waals surface area contributed by atoms with Crippen LogP contribution in [0.25, 0.3) is 10.9 Å². The lowest BCUT2D eigenvalue weighted by atomic mass is 9.88. The van der Waals surface area contributed by atoms with E-state index in [0.717, 1.165) is 42.8 Å². The van der Waals surface area contributed by atoms with E-state index in [1.54, 1.807) is 7.11 Å². The summed E-state index contributed by atoms with van der Waals surface area (Å²) in [6.07, 6.45) is 4.24. The smallest absolute Gasteiger partial charge is 0.237 e. The van der Waals surface area contributed by atoms with Gasteiger partial charge < -0.3 is 15.0 Å². The van der Waals surface area contributed by atoms with Crippen molar-refractivity contribution in [2.75, 3.05) is 20.2 Å². The molecule has 2 unspecified atom stereocenters. The van der Waals surface area contributed by atoms with Gasteiger partial charge in [0.1, 0.15) is 5.75 Å². The summed E-state index contributed by atoms with van der Waals surface area (Å²) in [5.41, 5.74) is 3.64. The number of aromatic amines is 1. The van der Waals surface area contributed by atoms with E-state index >= 15 is 0 Å². The van der Waals surface area contributed by atoms with Crippen LogP contribution in [0.3, 0.4) is 0 Å². The van der Waals surface area contributed by atoms with E-state index < -0.39 is 0 Å². The standard InChI is InChI=1S/C25H31N3O2/c1-17(19-7-5-4-6-8-19)27-25(29)18(2)28-13-11-20(12-14-28)23-16-26-24-10-9-21(30-3)15-22(23)24/h4-10,15-18,20,26H,11-14H2,1-3H3,(H,27,29). The van der Waals surface area contributed by atoms with Crippen LogP contribution in [0.15, 0.2) is 54.7 Å². The number of carbonyl (C=O) groups is 1. The second-order valence-electron chi connectivity index (χ2n) is 8.28. The van der Waals surface area contributed by atoms with Gasteiger partial charge in [-0.05, 0) is 75.0 Å². The predicted molar refractivity (Wildman–Crippen MR) is 121 cm³/mol. The van der Waals surface area contributed by atoms with Crippen molar-refractivity contribution < 1.29 is 9.53 Å². The average Bonchev–Trinajstić information content (AvgIpc) is 3.22. The number of nitrogens with zero attached hydrogens (tertiary/aromatic N) is 1. The molecule has 2 heterocycles. The highest BCUT2D eigenvalue weighted by atomic mass is 16.5. The fourth-order valence-electron chi connectivity index (χ4n) is 4.51. The number of fused-ring (bicyclic) bond motifs is 1. The lowest BCUT2D eigenvalue weighted by Crippen LogP contribution is -2.48. The largest absolute Gasteiger partial charge is 0.497 e. The Morgan fingerprint density at radius 2 is 1.87 bits per heavy atom. The number of likely N-dealkylation sites (tertiary alicyclic amines) is 1. The summed E-state index contributed by atoms with van der Waals surface area (Å²) < 4.78 is 5.41. The number of ether oxygens (including phenoxy) is 1. The first kappa shape index (κ1) is 20.5. The van der Waals surface area contributed by atoms with E-state index in [4.69, 9.17) is 4.74 Å². The number of hydrogen-bond acceptors (Lipinski definition) is 3. The summed E-state index contributed by atoms with van der Waals surface area (Å²) in [7, 11) is 1.71. The Balaban J connectivity index is 1.36. The van der Waals surface area contributed by atoms with Crippen LogP contribution in [0.4, 0.5) is 0 Å². The van der Waals surface area contributed by atoms with Gasteiger partial charge in [-0.1, -0.05) is 30.3 Å². The molecule has 0 bridgehead atoms. The first-order valence-corrected chi connectivity index (χ1v) is 10.8. The van der Waals surface area contributed by atoms with Crippen molar-refractivity contribution in [2.24, 2.45) is 0 Å². The lowest BCUT2D eigenvalue weighted by Gasteiger charge is -2.35. The van der Waals surface area contributed by atoms with Gasteiger partial charge >= 0.3 is 0 Å². The van der Waals surface area contributed by atoms with Crippen molar-refractivity contribution in [1.29, 1.82) is 0 Å². The van der Waals surface area contributed by atoms with Crippen LogP contribution in [-0.4, -0.2) is 42.0 Å². The van der Waals surface area contributed by atoms with Crippen molar-refractivity contribution in [3.8, 4) is 5.75 Å². The Kier molecular flexibility index (Phi) is 6.09. The number of piperidine rings is 1. The third-order valence-corrected chi connectivity index (χ3v) is 6.48. The topological polar surface area (TPSA) is 57.4 Å². The van der Waals surface area contributed by atoms with Crippen molar-refractivity contribution >= 4 is 16.8 Å². The van der Waals surface area contributed by atoms with Crippen molar-refractivity contribution in [3.05, 3.63) is 65.9 Å². The van der Waals surface area contributed by atoms with Crippen LogP contribution in [0.2, 0.25) is 0 Å². The number of H-pyrrole nitrogens is 1. The molecule has 0 saturated carbocycles. The molecule has 0 radical (unpaired) electrons. The Labute approximate surface area is 178 Å². The van der Waals surface area contributed by atoms with Crippen molar-refractivity contribution in [2.45, 2.75) is 44.7 Å². The van der Waals surface area contributed by atoms with Gasteiger partial charge in [0.05, 0.1) is 19.2 Å². The van der Waals surface area contributed by atoms with Gasteiger partial charge in [0.15, 0.2) is 0 Å². The molecule has 3 aromatic rings. The van der Waals surface area contributed by atoms with E-state index in [1.165, 1.54) is 10.9 Å². The Hall–Kier alpha value is -2.79. The second kappa shape index (κ2) is 8.92. The maximum absolute atomic E-state index is 12.8. The first-order chi connectivity index (χ1) is 14.6. The molecule has 2 aromatic carbocycles. The van der Waals surface area contributed by atoms with Gasteiger partial charge in [-0.3, -0.25) is 9.69 Å². The summed E-state index contributed by atoms with van der Waals surface area (Å²) in [5, 5.41) is 4.41. The van der Waals surface area contributed by atoms with Crippen molar-refractivity contribution in [3.63, 3.8) is 0 Å². The van der Waals surface area contributed by atoms with Gasteiger partial charge in [-0.2, -0.15) is 0 Å². The molecule has 5 heteroatoms. The number of methoxy groups -OCH3 is 1. The lowest BCUT2D eigenvalue weighted by molar-refractivity contribution is -0.127. The van der Waals surface area contributed by atoms with E-state index in [2.05, 4.69) is 45.7 Å². The maximum Gasteiger partial charge on any atom is 0.237 e. The molecule has 1 aromatic heterocycles. The first-order valence-electron chi connectivity index (χ1n) is 10.8. The minimum atomic E-state index is -0.125. The van der Waals surface area contributed by atoms with Crippen LogP contribution < -0.4 is 10.1 Å². The molecule has 1 fully saturated rings. The van der Waals surface area contributed by atoms with Gasteiger partial charge in [-0.15, -0.1) is 0 Å². The third-order valence-electron chi connectivity index (χ3n) is 6.48. The maximum atomic E-state index is 12.8. The number of rotatable bonds is 6. The Bertz CT molecular complexity index is 990. The van der Waals surface area contributed by atoms with Crippen LogP contribution in [-0.2, 0) is 4.79 Å². The Morgan fingerprint density at radius 1 is 1.13 bits per heavy atom. The molecule has 2 atom stereocenters. The quantitative estimate of drug-likeness (QED) is 0.629. The molecule has 0 spiro atoms. The zero-order valence-corrected chi connectivity index (χ0v) is 18.0. The SMILES string of the molecule is COc1ccc2[nH]cc(C3CCN(C(C)C(=O)NC(C)c4ccccc4)CC3)c2c1. The highest BCUT2D eigenvalue weighted by molar-refractivity contribution is 5.85. The minimum absolute atomic E-state index is 0.0138. The van der Waals surface area contributed by atoms with Crippen molar-refractivity contribution in [1.82, 2.24) is 15.2 Å². The minimum Gasteiger partial charge on any atom is -0.497 e. The van der Waals surface area contributed by atoms with Crippen LogP contribution in [0, 0.1) is 0 Å². The Morgan fingerprint density at radius 3 is 2.57 bits per heavy atom. The van der Waals surface area contributed by atoms with E-state index in [9.17, 15) is 4.79 Å².